The molecule has 0 saturated carbocycles. The average molecular weight is 275 g/mol. The molecule has 20 heavy (non-hydrogen) atoms. The molecule has 0 aliphatic rings. The summed E-state index contributed by atoms with van der Waals surface area (Å²) in [6, 6.07) is 7.17. The number of amides is 1. The highest BCUT2D eigenvalue weighted by Gasteiger charge is 2.09. The van der Waals surface area contributed by atoms with Gasteiger partial charge in [-0.05, 0) is 24.6 Å². The Morgan fingerprint density at radius 3 is 2.80 bits per heavy atom. The first kappa shape index (κ1) is 13.8. The first-order valence-electron chi connectivity index (χ1n) is 5.98. The number of rotatable bonds is 3. The van der Waals surface area contributed by atoms with Crippen LogP contribution in [0.25, 0.3) is 0 Å². The van der Waals surface area contributed by atoms with Crippen LogP contribution in [0, 0.1) is 12.7 Å². The third kappa shape index (κ3) is 3.03. The molecular weight excluding hydrogens is 261 g/mol. The molecule has 0 fully saturated rings. The van der Waals surface area contributed by atoms with Crippen LogP contribution in [-0.2, 0) is 11.3 Å². The van der Waals surface area contributed by atoms with Crippen molar-refractivity contribution >= 4 is 17.3 Å². The molecule has 1 amide bonds. The molecule has 1 heterocycles. The van der Waals surface area contributed by atoms with Gasteiger partial charge in [-0.15, -0.1) is 0 Å². The molecule has 3 N–H and O–H groups in total. The number of anilines is 2. The normalized spacial score (nSPS) is 10.3. The number of aryl methyl sites for hydroxylation is 1. The van der Waals surface area contributed by atoms with E-state index < -0.39 is 11.7 Å². The summed E-state index contributed by atoms with van der Waals surface area (Å²) in [7, 11) is 0. The first-order chi connectivity index (χ1) is 9.47. The number of benzene rings is 1. The van der Waals surface area contributed by atoms with E-state index in [1.54, 1.807) is 13.0 Å². The predicted octanol–water partition coefficient (Wildman–Crippen LogP) is 1.52. The molecule has 2 aromatic rings. The number of nitrogens with one attached hydrogen (secondary N) is 1. The van der Waals surface area contributed by atoms with Crippen LogP contribution in [0.3, 0.4) is 0 Å². The topological polar surface area (TPSA) is 77.1 Å². The summed E-state index contributed by atoms with van der Waals surface area (Å²) in [5.41, 5.74) is 6.51. The second-order valence-corrected chi connectivity index (χ2v) is 4.41. The second-order valence-electron chi connectivity index (χ2n) is 4.41. The van der Waals surface area contributed by atoms with Crippen LogP contribution in [0.5, 0.6) is 0 Å². The first-order valence-corrected chi connectivity index (χ1v) is 5.98. The number of hydrogen-bond donors (Lipinski definition) is 2. The number of pyridine rings is 1. The van der Waals surface area contributed by atoms with Crippen LogP contribution >= 0.6 is 0 Å². The van der Waals surface area contributed by atoms with E-state index in [9.17, 15) is 14.0 Å². The van der Waals surface area contributed by atoms with E-state index in [2.05, 4.69) is 5.32 Å². The van der Waals surface area contributed by atoms with Gasteiger partial charge in [0.15, 0.2) is 0 Å². The van der Waals surface area contributed by atoms with Gasteiger partial charge in [-0.1, -0.05) is 12.1 Å². The van der Waals surface area contributed by atoms with Crippen LogP contribution in [0.15, 0.2) is 41.3 Å². The zero-order chi connectivity index (χ0) is 14.7. The number of halogens is 1. The minimum Gasteiger partial charge on any atom is -0.397 e. The van der Waals surface area contributed by atoms with Crippen molar-refractivity contribution in [2.45, 2.75) is 13.5 Å². The Kier molecular flexibility index (Phi) is 3.84. The van der Waals surface area contributed by atoms with Crippen molar-refractivity contribution in [1.29, 1.82) is 0 Å². The number of carbonyl (C=O) groups is 1. The fourth-order valence-corrected chi connectivity index (χ4v) is 1.72. The third-order valence-electron chi connectivity index (χ3n) is 2.84. The molecule has 0 radical (unpaired) electrons. The van der Waals surface area contributed by atoms with Crippen molar-refractivity contribution in [2.75, 3.05) is 11.1 Å². The largest absolute Gasteiger partial charge is 0.397 e. The van der Waals surface area contributed by atoms with Gasteiger partial charge in [0.2, 0.25) is 5.91 Å². The van der Waals surface area contributed by atoms with E-state index in [1.165, 1.54) is 35.0 Å². The van der Waals surface area contributed by atoms with E-state index in [1.807, 2.05) is 0 Å². The summed E-state index contributed by atoms with van der Waals surface area (Å²) in [4.78, 5) is 23.5. The highest BCUT2D eigenvalue weighted by molar-refractivity contribution is 5.90. The van der Waals surface area contributed by atoms with Crippen molar-refractivity contribution in [3.63, 3.8) is 0 Å². The molecule has 1 aromatic heterocycles. The average Bonchev–Trinajstić information content (AvgIpc) is 2.39. The second kappa shape index (κ2) is 5.56. The zero-order valence-electron chi connectivity index (χ0n) is 10.9. The van der Waals surface area contributed by atoms with Gasteiger partial charge < -0.3 is 15.6 Å². The molecule has 6 heteroatoms. The molecule has 0 unspecified atom stereocenters. The van der Waals surface area contributed by atoms with Crippen molar-refractivity contribution < 1.29 is 9.18 Å². The highest BCUT2D eigenvalue weighted by atomic mass is 19.1. The lowest BCUT2D eigenvalue weighted by molar-refractivity contribution is -0.116. The smallest absolute Gasteiger partial charge is 0.251 e. The Morgan fingerprint density at radius 1 is 1.40 bits per heavy atom. The Labute approximate surface area is 114 Å². The van der Waals surface area contributed by atoms with Gasteiger partial charge in [0, 0.05) is 12.3 Å². The minimum atomic E-state index is -0.531. The Hall–Kier alpha value is -2.63. The van der Waals surface area contributed by atoms with Crippen molar-refractivity contribution in [3.8, 4) is 0 Å². The fourth-order valence-electron chi connectivity index (χ4n) is 1.72. The molecule has 104 valence electrons. The fraction of sp³-hybridized carbons (Fsp3) is 0.143. The molecule has 0 aliphatic carbocycles. The number of hydrogen-bond acceptors (Lipinski definition) is 3. The van der Waals surface area contributed by atoms with E-state index in [4.69, 9.17) is 5.73 Å². The lowest BCUT2D eigenvalue weighted by atomic mass is 10.2. The van der Waals surface area contributed by atoms with Crippen molar-refractivity contribution in [3.05, 3.63) is 58.3 Å². The van der Waals surface area contributed by atoms with Crippen LogP contribution in [0.4, 0.5) is 15.8 Å². The Morgan fingerprint density at radius 2 is 2.10 bits per heavy atom. The van der Waals surface area contributed by atoms with Gasteiger partial charge in [0.1, 0.15) is 12.4 Å². The maximum Gasteiger partial charge on any atom is 0.251 e. The van der Waals surface area contributed by atoms with Gasteiger partial charge in [0.05, 0.1) is 11.4 Å². The van der Waals surface area contributed by atoms with Crippen LogP contribution in [0.1, 0.15) is 5.56 Å². The van der Waals surface area contributed by atoms with E-state index in [0.717, 1.165) is 0 Å². The van der Waals surface area contributed by atoms with Gasteiger partial charge in [-0.3, -0.25) is 9.59 Å². The van der Waals surface area contributed by atoms with Crippen molar-refractivity contribution in [1.82, 2.24) is 4.57 Å². The summed E-state index contributed by atoms with van der Waals surface area (Å²) in [6.45, 7) is 1.48. The molecule has 0 spiro atoms. The molecular formula is C14H14FN3O2. The predicted molar refractivity (Wildman–Crippen MR) is 74.9 cm³/mol. The molecule has 0 saturated heterocycles. The molecule has 0 atom stereocenters. The lowest BCUT2D eigenvalue weighted by Crippen LogP contribution is -2.27. The third-order valence-corrected chi connectivity index (χ3v) is 2.84. The van der Waals surface area contributed by atoms with Gasteiger partial charge in [-0.25, -0.2) is 4.39 Å². The molecule has 1 aromatic carbocycles. The van der Waals surface area contributed by atoms with Crippen LogP contribution < -0.4 is 16.6 Å². The number of nitrogens with zero attached hydrogens (tertiary/aromatic N) is 1. The SMILES string of the molecule is Cc1cc(=O)n(CC(=O)Nc2ccccc2F)cc1N. The minimum absolute atomic E-state index is 0.0747. The number of aromatic nitrogens is 1. The van der Waals surface area contributed by atoms with Crippen LogP contribution in [-0.4, -0.2) is 10.5 Å². The number of nitrogen functional groups attached to an aromatic ring is 1. The molecule has 0 aliphatic heterocycles. The van der Waals surface area contributed by atoms with Gasteiger partial charge in [-0.2, -0.15) is 0 Å². The van der Waals surface area contributed by atoms with E-state index in [0.29, 0.717) is 11.3 Å². The Balaban J connectivity index is 2.15. The van der Waals surface area contributed by atoms with Gasteiger partial charge in [0.25, 0.3) is 5.56 Å². The molecule has 2 rings (SSSR count). The zero-order valence-corrected chi connectivity index (χ0v) is 10.9. The highest BCUT2D eigenvalue weighted by Crippen LogP contribution is 2.12. The molecule has 0 bridgehead atoms. The molecule has 5 nitrogen and oxygen atoms in total. The Bertz CT molecular complexity index is 710. The number of nitrogens with two attached hydrogens (primary N) is 1. The quantitative estimate of drug-likeness (QED) is 0.891. The lowest BCUT2D eigenvalue weighted by Gasteiger charge is -2.09. The standard InChI is InChI=1S/C14H14FN3O2/c1-9-6-14(20)18(7-11(9)16)8-13(19)17-12-5-3-2-4-10(12)15/h2-7H,8,16H2,1H3,(H,17,19). The summed E-state index contributed by atoms with van der Waals surface area (Å²) in [6.07, 6.45) is 1.40. The number of para-hydroxylation sites is 1. The van der Waals surface area contributed by atoms with E-state index >= 15 is 0 Å². The van der Waals surface area contributed by atoms with E-state index in [-0.39, 0.29) is 17.8 Å². The summed E-state index contributed by atoms with van der Waals surface area (Å²) < 4.78 is 14.6. The van der Waals surface area contributed by atoms with Crippen LogP contribution in [0.2, 0.25) is 0 Å². The summed E-state index contributed by atoms with van der Waals surface area (Å²) in [5.74, 6) is -1.03. The summed E-state index contributed by atoms with van der Waals surface area (Å²) in [5, 5.41) is 2.41. The summed E-state index contributed by atoms with van der Waals surface area (Å²) >= 11 is 0. The van der Waals surface area contributed by atoms with Gasteiger partial charge >= 0.3 is 0 Å². The maximum absolute atomic E-state index is 13.4. The monoisotopic (exact) mass is 275 g/mol. The number of carbonyl (C=O) groups excluding carboxylic acids is 1. The van der Waals surface area contributed by atoms with Crippen molar-refractivity contribution in [2.24, 2.45) is 0 Å². The maximum atomic E-state index is 13.4.